The number of nitrogens with one attached hydrogen (secondary N) is 2. The first-order valence-electron chi connectivity index (χ1n) is 9.56. The van der Waals surface area contributed by atoms with E-state index in [-0.39, 0.29) is 13.2 Å². The van der Waals surface area contributed by atoms with Gasteiger partial charge in [-0.2, -0.15) is 0 Å². The van der Waals surface area contributed by atoms with E-state index >= 15 is 0 Å². The van der Waals surface area contributed by atoms with E-state index in [1.54, 1.807) is 39.8 Å². The van der Waals surface area contributed by atoms with E-state index in [1.165, 1.54) is 13.3 Å². The summed E-state index contributed by atoms with van der Waals surface area (Å²) < 4.78 is 15.9. The Morgan fingerprint density at radius 2 is 1.73 bits per heavy atom. The molecule has 1 atom stereocenters. The van der Waals surface area contributed by atoms with Gasteiger partial charge in [0.25, 0.3) is 0 Å². The first-order chi connectivity index (χ1) is 14.1. The van der Waals surface area contributed by atoms with Crippen molar-refractivity contribution in [1.29, 1.82) is 0 Å². The minimum absolute atomic E-state index is 0.154. The van der Waals surface area contributed by atoms with Gasteiger partial charge in [0.2, 0.25) is 0 Å². The van der Waals surface area contributed by atoms with E-state index in [1.807, 2.05) is 30.3 Å². The van der Waals surface area contributed by atoms with Crippen molar-refractivity contribution >= 4 is 17.9 Å². The minimum atomic E-state index is -0.970. The Hall–Kier alpha value is -3.13. The zero-order valence-corrected chi connectivity index (χ0v) is 18.0. The summed E-state index contributed by atoms with van der Waals surface area (Å²) in [5.74, 6) is 0. The van der Waals surface area contributed by atoms with Crippen LogP contribution in [0.2, 0.25) is 0 Å². The molecular formula is C22H29N3O5. The Balaban J connectivity index is 2.08. The maximum absolute atomic E-state index is 12.3. The molecule has 162 valence electrons. The van der Waals surface area contributed by atoms with Gasteiger partial charge in [-0.15, -0.1) is 0 Å². The summed E-state index contributed by atoms with van der Waals surface area (Å²) in [4.78, 5) is 28.8. The molecule has 0 aliphatic rings. The molecule has 1 aromatic carbocycles. The monoisotopic (exact) mass is 415 g/mol. The molecule has 2 N–H and O–H groups in total. The number of ether oxygens (including phenoxy) is 3. The number of carbonyl (C=O) groups excluding carboxylic acids is 2. The van der Waals surface area contributed by atoms with Crippen LogP contribution in [0.1, 0.15) is 39.0 Å². The number of benzene rings is 1. The molecule has 0 aliphatic heterocycles. The van der Waals surface area contributed by atoms with Gasteiger partial charge in [0, 0.05) is 19.0 Å². The quantitative estimate of drug-likeness (QED) is 0.703. The third-order valence-electron chi connectivity index (χ3n) is 3.99. The lowest BCUT2D eigenvalue weighted by atomic mass is 9.98. The Morgan fingerprint density at radius 3 is 2.37 bits per heavy atom. The van der Waals surface area contributed by atoms with Gasteiger partial charge in [0.1, 0.15) is 17.7 Å². The normalized spacial score (nSPS) is 13.1. The molecule has 0 bridgehead atoms. The Morgan fingerprint density at radius 1 is 1.03 bits per heavy atom. The predicted molar refractivity (Wildman–Crippen MR) is 113 cm³/mol. The number of hydrogen-bond acceptors (Lipinski definition) is 6. The zero-order chi connectivity index (χ0) is 22.2. The van der Waals surface area contributed by atoms with E-state index in [9.17, 15) is 9.59 Å². The number of alkyl carbamates (subject to hydrolysis) is 1. The summed E-state index contributed by atoms with van der Waals surface area (Å²) in [7, 11) is 1.53. The number of nitrogens with zero attached hydrogens (tertiary/aromatic N) is 1. The van der Waals surface area contributed by atoms with Gasteiger partial charge < -0.3 is 19.5 Å². The summed E-state index contributed by atoms with van der Waals surface area (Å²) in [5.41, 5.74) is 0.250. The van der Waals surface area contributed by atoms with Crippen molar-refractivity contribution in [3.05, 3.63) is 59.9 Å². The highest BCUT2D eigenvalue weighted by atomic mass is 16.6. The van der Waals surface area contributed by atoms with Gasteiger partial charge in [0.05, 0.1) is 12.3 Å². The molecule has 0 radical (unpaired) electrons. The number of hydrogen-bond donors (Lipinski definition) is 2. The van der Waals surface area contributed by atoms with Gasteiger partial charge in [-0.05, 0) is 45.4 Å². The van der Waals surface area contributed by atoms with Crippen molar-refractivity contribution in [3.63, 3.8) is 0 Å². The minimum Gasteiger partial charge on any atom is -0.444 e. The Labute approximate surface area is 176 Å². The first kappa shape index (κ1) is 23.2. The number of anilines is 1. The van der Waals surface area contributed by atoms with Crippen molar-refractivity contribution in [2.24, 2.45) is 0 Å². The largest absolute Gasteiger partial charge is 0.444 e. The van der Waals surface area contributed by atoms with Crippen molar-refractivity contribution in [2.75, 3.05) is 19.0 Å². The second-order valence-corrected chi connectivity index (χ2v) is 8.01. The lowest BCUT2D eigenvalue weighted by Crippen LogP contribution is -2.49. The highest BCUT2D eigenvalue weighted by Crippen LogP contribution is 2.23. The van der Waals surface area contributed by atoms with E-state index < -0.39 is 23.3 Å². The van der Waals surface area contributed by atoms with Crippen LogP contribution in [0.15, 0.2) is 48.7 Å². The van der Waals surface area contributed by atoms with Crippen LogP contribution in [-0.2, 0) is 26.4 Å². The lowest BCUT2D eigenvalue weighted by molar-refractivity contribution is 0.0370. The number of carbonyl (C=O) groups is 2. The van der Waals surface area contributed by atoms with Crippen LogP contribution in [0, 0.1) is 0 Å². The molecule has 0 unspecified atom stereocenters. The van der Waals surface area contributed by atoms with Crippen molar-refractivity contribution in [3.8, 4) is 0 Å². The molecule has 8 heteroatoms. The van der Waals surface area contributed by atoms with E-state index in [2.05, 4.69) is 15.6 Å². The molecule has 0 spiro atoms. The third-order valence-corrected chi connectivity index (χ3v) is 3.99. The van der Waals surface area contributed by atoms with Crippen molar-refractivity contribution in [1.82, 2.24) is 10.3 Å². The van der Waals surface area contributed by atoms with Gasteiger partial charge in [0.15, 0.2) is 0 Å². The van der Waals surface area contributed by atoms with Gasteiger partial charge in [-0.3, -0.25) is 10.3 Å². The standard InChI is InChI=1S/C22H29N3O5/c1-21(2,3)30-20(27)25-22(4,15-28-5)18-13-17(11-12-23-18)24-19(26)29-14-16-9-7-6-8-10-16/h6-13H,14-15H2,1-5H3,(H,25,27)(H,23,24,26)/t22-/m0/s1. The Bertz CT molecular complexity index is 851. The van der Waals surface area contributed by atoms with E-state index in [4.69, 9.17) is 14.2 Å². The van der Waals surface area contributed by atoms with Crippen LogP contribution < -0.4 is 10.6 Å². The lowest BCUT2D eigenvalue weighted by Gasteiger charge is -2.31. The van der Waals surface area contributed by atoms with Crippen LogP contribution in [0.3, 0.4) is 0 Å². The number of pyridine rings is 1. The summed E-state index contributed by atoms with van der Waals surface area (Å²) >= 11 is 0. The van der Waals surface area contributed by atoms with Gasteiger partial charge in [-0.1, -0.05) is 30.3 Å². The second kappa shape index (κ2) is 10.1. The number of methoxy groups -OCH3 is 1. The molecule has 1 aromatic heterocycles. The second-order valence-electron chi connectivity index (χ2n) is 8.01. The molecule has 0 saturated carbocycles. The number of aromatic nitrogens is 1. The summed E-state index contributed by atoms with van der Waals surface area (Å²) in [6.07, 6.45) is 0.348. The van der Waals surface area contributed by atoms with Crippen molar-refractivity contribution in [2.45, 2.75) is 45.4 Å². The molecule has 30 heavy (non-hydrogen) atoms. The van der Waals surface area contributed by atoms with Gasteiger partial charge >= 0.3 is 12.2 Å². The molecule has 2 amide bonds. The van der Waals surface area contributed by atoms with Crippen molar-refractivity contribution < 1.29 is 23.8 Å². The fourth-order valence-corrected chi connectivity index (χ4v) is 2.68. The van der Waals surface area contributed by atoms with Gasteiger partial charge in [-0.25, -0.2) is 9.59 Å². The predicted octanol–water partition coefficient (Wildman–Crippen LogP) is 4.22. The summed E-state index contributed by atoms with van der Waals surface area (Å²) in [5, 5.41) is 5.47. The fraction of sp³-hybridized carbons (Fsp3) is 0.409. The van der Waals surface area contributed by atoms with Crippen LogP contribution in [0.5, 0.6) is 0 Å². The molecular weight excluding hydrogens is 386 g/mol. The molecule has 1 heterocycles. The van der Waals surface area contributed by atoms with E-state index in [0.717, 1.165) is 5.56 Å². The molecule has 0 saturated heterocycles. The molecule has 0 fully saturated rings. The highest BCUT2D eigenvalue weighted by Gasteiger charge is 2.32. The summed E-state index contributed by atoms with van der Waals surface area (Å²) in [6, 6.07) is 12.7. The SMILES string of the molecule is COC[C@](C)(NC(=O)OC(C)(C)C)c1cc(NC(=O)OCc2ccccc2)ccn1. The average molecular weight is 415 g/mol. The zero-order valence-electron chi connectivity index (χ0n) is 18.0. The third kappa shape index (κ3) is 7.36. The molecule has 2 aromatic rings. The fourth-order valence-electron chi connectivity index (χ4n) is 2.68. The average Bonchev–Trinajstić information content (AvgIpc) is 2.66. The number of amides is 2. The van der Waals surface area contributed by atoms with Crippen LogP contribution in [-0.4, -0.2) is 36.5 Å². The van der Waals surface area contributed by atoms with E-state index in [0.29, 0.717) is 11.4 Å². The highest BCUT2D eigenvalue weighted by molar-refractivity contribution is 5.84. The van der Waals surface area contributed by atoms with Crippen LogP contribution in [0.4, 0.5) is 15.3 Å². The molecule has 0 aliphatic carbocycles. The van der Waals surface area contributed by atoms with Crippen LogP contribution in [0.25, 0.3) is 0 Å². The first-order valence-corrected chi connectivity index (χ1v) is 9.56. The molecule has 8 nitrogen and oxygen atoms in total. The smallest absolute Gasteiger partial charge is 0.411 e. The summed E-state index contributed by atoms with van der Waals surface area (Å²) in [6.45, 7) is 7.42. The Kier molecular flexibility index (Phi) is 7.77. The maximum atomic E-state index is 12.3. The van der Waals surface area contributed by atoms with Crippen LogP contribution >= 0.6 is 0 Å². The maximum Gasteiger partial charge on any atom is 0.411 e. The topological polar surface area (TPSA) is 98.8 Å². The number of rotatable bonds is 7. The molecule has 2 rings (SSSR count).